The third-order valence-corrected chi connectivity index (χ3v) is 7.02. The van der Waals surface area contributed by atoms with Crippen LogP contribution >= 0.6 is 0 Å². The van der Waals surface area contributed by atoms with Crippen molar-refractivity contribution in [3.05, 3.63) is 35.5 Å². The number of benzene rings is 1. The first-order valence-corrected chi connectivity index (χ1v) is 11.6. The van der Waals surface area contributed by atoms with Crippen molar-refractivity contribution in [2.45, 2.75) is 62.6 Å². The Labute approximate surface area is 194 Å². The highest BCUT2D eigenvalue weighted by Crippen LogP contribution is 2.46. The number of fused-ring (bicyclic) bond motifs is 1. The van der Waals surface area contributed by atoms with Crippen molar-refractivity contribution < 1.29 is 23.2 Å². The summed E-state index contributed by atoms with van der Waals surface area (Å²) in [7, 11) is 0. The van der Waals surface area contributed by atoms with E-state index in [0.717, 1.165) is 37.8 Å². The molecule has 3 amide bonds. The Bertz CT molecular complexity index is 1210. The third-order valence-electron chi connectivity index (χ3n) is 7.02. The minimum Gasteiger partial charge on any atom is -0.350 e. The van der Waals surface area contributed by atoms with Crippen molar-refractivity contribution in [1.29, 1.82) is 5.26 Å². The van der Waals surface area contributed by atoms with Crippen molar-refractivity contribution in [2.75, 3.05) is 0 Å². The fraction of sp³-hybridized carbons (Fsp3) is 0.500. The lowest BCUT2D eigenvalue weighted by molar-refractivity contribution is -0.125. The van der Waals surface area contributed by atoms with E-state index < -0.39 is 35.5 Å². The number of H-pyrrole nitrogens is 1. The average Bonchev–Trinajstić information content (AvgIpc) is 3.68. The van der Waals surface area contributed by atoms with E-state index in [1.54, 1.807) is 0 Å². The van der Waals surface area contributed by atoms with E-state index in [0.29, 0.717) is 18.8 Å². The van der Waals surface area contributed by atoms with Crippen LogP contribution in [0, 0.1) is 34.8 Å². The molecule has 2 saturated carbocycles. The Morgan fingerprint density at radius 1 is 1.18 bits per heavy atom. The van der Waals surface area contributed by atoms with Gasteiger partial charge < -0.3 is 20.9 Å². The number of aromatic nitrogens is 1. The molecule has 178 valence electrons. The number of rotatable bonds is 8. The van der Waals surface area contributed by atoms with E-state index in [9.17, 15) is 28.4 Å². The van der Waals surface area contributed by atoms with Crippen LogP contribution in [0.15, 0.2) is 18.2 Å². The summed E-state index contributed by atoms with van der Waals surface area (Å²) >= 11 is 0. The Morgan fingerprint density at radius 3 is 2.59 bits per heavy atom. The lowest BCUT2D eigenvalue weighted by Crippen LogP contribution is -2.50. The van der Waals surface area contributed by atoms with Crippen LogP contribution < -0.4 is 16.0 Å². The molecule has 3 aliphatic rings. The molecular weight excluding hydrogens is 444 g/mol. The van der Waals surface area contributed by atoms with E-state index in [4.69, 9.17) is 0 Å². The molecule has 2 heterocycles. The molecule has 1 aliphatic heterocycles. The maximum Gasteiger partial charge on any atom is 0.268 e. The summed E-state index contributed by atoms with van der Waals surface area (Å²) < 4.78 is 27.5. The second-order valence-electron chi connectivity index (χ2n) is 9.84. The minimum atomic E-state index is -0.893. The van der Waals surface area contributed by atoms with Crippen molar-refractivity contribution in [3.63, 3.8) is 0 Å². The first kappa shape index (κ1) is 22.3. The number of amides is 3. The monoisotopic (exact) mass is 469 g/mol. The highest BCUT2D eigenvalue weighted by molar-refractivity contribution is 6.00. The molecule has 1 spiro atoms. The molecule has 2 aromatic rings. The summed E-state index contributed by atoms with van der Waals surface area (Å²) in [4.78, 5) is 40.7. The van der Waals surface area contributed by atoms with E-state index in [1.165, 1.54) is 6.07 Å². The molecule has 1 aromatic heterocycles. The van der Waals surface area contributed by atoms with Gasteiger partial charge in [-0.3, -0.25) is 14.4 Å². The van der Waals surface area contributed by atoms with Gasteiger partial charge in [0.2, 0.25) is 11.8 Å². The predicted octanol–water partition coefficient (Wildman–Crippen LogP) is 2.41. The molecule has 10 heteroatoms. The number of carbonyl (C=O) groups is 3. The molecule has 1 saturated heterocycles. The standard InChI is InChI=1S/C24H25F2N5O3/c25-15-6-13-8-19(29-20(13)17(26)9-15)23(34)30-18(5-12-1-2-12)22(33)28-16(11-27)7-14-10-24(3-4-24)31-21(14)32/h6,8-9,12,14,16,18,29H,1-5,7,10H2,(H,28,33)(H,30,34)(H,31,32)/t14-,16+,18+/m1/s1. The van der Waals surface area contributed by atoms with Crippen LogP contribution in [0.4, 0.5) is 8.78 Å². The van der Waals surface area contributed by atoms with E-state index in [1.807, 2.05) is 0 Å². The molecule has 0 radical (unpaired) electrons. The summed E-state index contributed by atoms with van der Waals surface area (Å²) in [5, 5.41) is 18.1. The fourth-order valence-electron chi connectivity index (χ4n) is 4.79. The van der Waals surface area contributed by atoms with Gasteiger partial charge in [0.15, 0.2) is 0 Å². The number of carbonyl (C=O) groups excluding carboxylic acids is 3. The molecular formula is C24H25F2N5O3. The van der Waals surface area contributed by atoms with Crippen LogP contribution in [0.2, 0.25) is 0 Å². The molecule has 2 aliphatic carbocycles. The molecule has 0 unspecified atom stereocenters. The van der Waals surface area contributed by atoms with E-state index in [-0.39, 0.29) is 40.4 Å². The van der Waals surface area contributed by atoms with Gasteiger partial charge in [0.1, 0.15) is 29.4 Å². The minimum absolute atomic E-state index is 0.00212. The molecule has 3 fully saturated rings. The largest absolute Gasteiger partial charge is 0.350 e. The lowest BCUT2D eigenvalue weighted by Gasteiger charge is -2.21. The number of halogens is 2. The fourth-order valence-corrected chi connectivity index (χ4v) is 4.79. The maximum absolute atomic E-state index is 14.0. The van der Waals surface area contributed by atoms with Gasteiger partial charge >= 0.3 is 0 Å². The SMILES string of the molecule is N#C[C@H](C[C@@H]1CC2(CC2)NC1=O)NC(=O)[C@H](CC1CC1)NC(=O)c1cc2cc(F)cc(F)c2[nH]1. The highest BCUT2D eigenvalue weighted by atomic mass is 19.1. The van der Waals surface area contributed by atoms with Gasteiger partial charge in [0, 0.05) is 22.9 Å². The second-order valence-corrected chi connectivity index (χ2v) is 9.84. The first-order chi connectivity index (χ1) is 16.2. The van der Waals surface area contributed by atoms with Gasteiger partial charge in [-0.1, -0.05) is 12.8 Å². The van der Waals surface area contributed by atoms with E-state index in [2.05, 4.69) is 27.0 Å². The third kappa shape index (κ3) is 4.60. The molecule has 0 bridgehead atoms. The zero-order valence-electron chi connectivity index (χ0n) is 18.4. The van der Waals surface area contributed by atoms with Crippen molar-refractivity contribution in [1.82, 2.24) is 20.9 Å². The molecule has 3 atom stereocenters. The molecule has 1 aromatic carbocycles. The van der Waals surface area contributed by atoms with Gasteiger partial charge in [0.05, 0.1) is 11.6 Å². The summed E-state index contributed by atoms with van der Waals surface area (Å²) in [6.45, 7) is 0. The van der Waals surface area contributed by atoms with E-state index >= 15 is 0 Å². The first-order valence-electron chi connectivity index (χ1n) is 11.6. The Morgan fingerprint density at radius 2 is 1.94 bits per heavy atom. The van der Waals surface area contributed by atoms with Gasteiger partial charge in [-0.2, -0.15) is 5.26 Å². The number of nitriles is 1. The quantitative estimate of drug-likeness (QED) is 0.474. The van der Waals surface area contributed by atoms with Crippen molar-refractivity contribution in [3.8, 4) is 6.07 Å². The summed E-state index contributed by atoms with van der Waals surface area (Å²) in [5.74, 6) is -2.82. The summed E-state index contributed by atoms with van der Waals surface area (Å²) in [5.41, 5.74) is -0.110. The Kier molecular flexibility index (Phi) is 5.50. The van der Waals surface area contributed by atoms with Crippen LogP contribution in [0.5, 0.6) is 0 Å². The van der Waals surface area contributed by atoms with Crippen LogP contribution in [0.25, 0.3) is 10.9 Å². The zero-order valence-corrected chi connectivity index (χ0v) is 18.4. The van der Waals surface area contributed by atoms with Crippen LogP contribution in [0.1, 0.15) is 55.4 Å². The van der Waals surface area contributed by atoms with Crippen molar-refractivity contribution in [2.24, 2.45) is 11.8 Å². The zero-order chi connectivity index (χ0) is 24.0. The number of hydrogen-bond donors (Lipinski definition) is 4. The highest BCUT2D eigenvalue weighted by Gasteiger charge is 2.52. The normalized spacial score (nSPS) is 22.1. The van der Waals surface area contributed by atoms with Gasteiger partial charge in [0.25, 0.3) is 5.91 Å². The number of nitrogens with zero attached hydrogens (tertiary/aromatic N) is 1. The molecule has 8 nitrogen and oxygen atoms in total. The smallest absolute Gasteiger partial charge is 0.268 e. The molecule has 4 N–H and O–H groups in total. The van der Waals surface area contributed by atoms with Crippen LogP contribution in [-0.2, 0) is 9.59 Å². The maximum atomic E-state index is 14.0. The lowest BCUT2D eigenvalue weighted by atomic mass is 9.95. The van der Waals surface area contributed by atoms with Gasteiger partial charge in [-0.05, 0) is 50.2 Å². The number of nitrogens with one attached hydrogen (secondary N) is 4. The summed E-state index contributed by atoms with van der Waals surface area (Å²) in [6.07, 6.45) is 5.07. The summed E-state index contributed by atoms with van der Waals surface area (Å²) in [6, 6.07) is 3.47. The van der Waals surface area contributed by atoms with Crippen molar-refractivity contribution >= 4 is 28.6 Å². The Hall–Kier alpha value is -3.48. The van der Waals surface area contributed by atoms with Crippen LogP contribution in [-0.4, -0.2) is 40.3 Å². The van der Waals surface area contributed by atoms with Gasteiger partial charge in [-0.15, -0.1) is 0 Å². The number of hydrogen-bond acceptors (Lipinski definition) is 4. The van der Waals surface area contributed by atoms with Crippen LogP contribution in [0.3, 0.4) is 0 Å². The average molecular weight is 469 g/mol. The van der Waals surface area contributed by atoms with Gasteiger partial charge in [-0.25, -0.2) is 8.78 Å². The topological polar surface area (TPSA) is 127 Å². The molecule has 5 rings (SSSR count). The number of aromatic amines is 1. The Balaban J connectivity index is 1.26. The second kappa shape index (κ2) is 8.38. The molecule has 34 heavy (non-hydrogen) atoms. The predicted molar refractivity (Wildman–Crippen MR) is 117 cm³/mol.